The van der Waals surface area contributed by atoms with Gasteiger partial charge in [-0.15, -0.1) is 10.2 Å². The second-order valence-corrected chi connectivity index (χ2v) is 9.27. The maximum absolute atomic E-state index is 12.5. The first-order valence-electron chi connectivity index (χ1n) is 11.0. The van der Waals surface area contributed by atoms with Crippen molar-refractivity contribution in [3.05, 3.63) is 64.5 Å². The van der Waals surface area contributed by atoms with Crippen LogP contribution in [-0.4, -0.2) is 39.4 Å². The van der Waals surface area contributed by atoms with Gasteiger partial charge in [0.2, 0.25) is 11.8 Å². The van der Waals surface area contributed by atoms with Gasteiger partial charge in [-0.2, -0.15) is 0 Å². The average Bonchev–Trinajstić information content (AvgIpc) is 3.15. The Morgan fingerprint density at radius 2 is 1.71 bits per heavy atom. The molecule has 0 fully saturated rings. The van der Waals surface area contributed by atoms with Crippen molar-refractivity contribution >= 4 is 29.3 Å². The van der Waals surface area contributed by atoms with Crippen LogP contribution in [0.1, 0.15) is 41.0 Å². The van der Waals surface area contributed by atoms with Gasteiger partial charge in [0, 0.05) is 12.7 Å². The zero-order valence-corrected chi connectivity index (χ0v) is 21.2. The number of ether oxygens (including phenoxy) is 1. The summed E-state index contributed by atoms with van der Waals surface area (Å²) in [5.74, 6) is 1.36. The highest BCUT2D eigenvalue weighted by Gasteiger charge is 2.19. The molecule has 1 aromatic heterocycles. The van der Waals surface area contributed by atoms with E-state index in [1.807, 2.05) is 59.0 Å². The number of nitrogens with one attached hydrogen (secondary N) is 2. The van der Waals surface area contributed by atoms with Crippen LogP contribution >= 0.6 is 11.8 Å². The number of rotatable bonds is 9. The summed E-state index contributed by atoms with van der Waals surface area (Å²) < 4.78 is 6.95. The molecule has 9 heteroatoms. The van der Waals surface area contributed by atoms with E-state index in [2.05, 4.69) is 33.0 Å². The number of benzene rings is 2. The van der Waals surface area contributed by atoms with Crippen LogP contribution in [0, 0.1) is 20.8 Å². The van der Waals surface area contributed by atoms with Gasteiger partial charge in [0.25, 0.3) is 0 Å². The summed E-state index contributed by atoms with van der Waals surface area (Å²) in [6.07, 6.45) is 0.256. The molecule has 34 heavy (non-hydrogen) atoms. The van der Waals surface area contributed by atoms with Crippen molar-refractivity contribution in [3.8, 4) is 5.75 Å². The van der Waals surface area contributed by atoms with Gasteiger partial charge in [0.1, 0.15) is 5.75 Å². The van der Waals surface area contributed by atoms with E-state index in [9.17, 15) is 9.59 Å². The van der Waals surface area contributed by atoms with E-state index in [-0.39, 0.29) is 30.0 Å². The van der Waals surface area contributed by atoms with Crippen LogP contribution in [0.15, 0.2) is 41.6 Å². The molecule has 1 atom stereocenters. The summed E-state index contributed by atoms with van der Waals surface area (Å²) >= 11 is 1.31. The molecule has 0 unspecified atom stereocenters. The molecule has 2 N–H and O–H groups in total. The molecule has 0 spiro atoms. The zero-order chi connectivity index (χ0) is 24.8. The highest BCUT2D eigenvalue weighted by Crippen LogP contribution is 2.24. The van der Waals surface area contributed by atoms with Crippen LogP contribution in [0.2, 0.25) is 0 Å². The predicted octanol–water partition coefficient (Wildman–Crippen LogP) is 3.90. The quantitative estimate of drug-likeness (QED) is 0.450. The van der Waals surface area contributed by atoms with E-state index >= 15 is 0 Å². The molecule has 0 saturated heterocycles. The van der Waals surface area contributed by atoms with Crippen LogP contribution in [0.4, 0.5) is 5.69 Å². The third-order valence-corrected chi connectivity index (χ3v) is 6.45. The van der Waals surface area contributed by atoms with E-state index in [0.717, 1.165) is 28.1 Å². The zero-order valence-electron chi connectivity index (χ0n) is 20.4. The van der Waals surface area contributed by atoms with Gasteiger partial charge in [-0.25, -0.2) is 0 Å². The number of amides is 2. The molecule has 2 aromatic carbocycles. The first kappa shape index (κ1) is 25.3. The molecule has 0 aliphatic rings. The predicted molar refractivity (Wildman–Crippen MR) is 134 cm³/mol. The van der Waals surface area contributed by atoms with Gasteiger partial charge in [0.05, 0.1) is 25.3 Å². The lowest BCUT2D eigenvalue weighted by atomic mass is 10.1. The van der Waals surface area contributed by atoms with Crippen LogP contribution in [0.3, 0.4) is 0 Å². The van der Waals surface area contributed by atoms with E-state index < -0.39 is 0 Å². The first-order valence-corrected chi connectivity index (χ1v) is 12.0. The third-order valence-electron chi connectivity index (χ3n) is 5.43. The number of carbonyl (C=O) groups is 2. The molecular formula is C25H31N5O3S. The maximum Gasteiger partial charge on any atom is 0.234 e. The summed E-state index contributed by atoms with van der Waals surface area (Å²) in [4.78, 5) is 25.0. The minimum Gasteiger partial charge on any atom is -0.497 e. The average molecular weight is 482 g/mol. The lowest BCUT2D eigenvalue weighted by Crippen LogP contribution is -2.29. The Bertz CT molecular complexity index is 1150. The monoisotopic (exact) mass is 481 g/mol. The van der Waals surface area contributed by atoms with E-state index in [1.165, 1.54) is 17.3 Å². The van der Waals surface area contributed by atoms with E-state index in [4.69, 9.17) is 4.74 Å². The molecule has 8 nitrogen and oxygen atoms in total. The molecule has 1 heterocycles. The SMILES string of the molecule is COc1ccc(CC(=O)N[C@@H](C)c2nnc(SCC(=O)Nc3c(C)cc(C)cc3C)n2C)cc1. The maximum atomic E-state index is 12.5. The van der Waals surface area contributed by atoms with Crippen molar-refractivity contribution in [2.75, 3.05) is 18.2 Å². The molecular weight excluding hydrogens is 450 g/mol. The van der Waals surface area contributed by atoms with E-state index in [1.54, 1.807) is 11.7 Å². The number of hydrogen-bond donors (Lipinski definition) is 2. The molecule has 0 aliphatic carbocycles. The Balaban J connectivity index is 1.55. The minimum atomic E-state index is -0.329. The lowest BCUT2D eigenvalue weighted by Gasteiger charge is -2.14. The number of hydrogen-bond acceptors (Lipinski definition) is 6. The Hall–Kier alpha value is -3.33. The Morgan fingerprint density at radius 1 is 1.06 bits per heavy atom. The Labute approximate surface area is 204 Å². The van der Waals surface area contributed by atoms with Crippen molar-refractivity contribution in [1.82, 2.24) is 20.1 Å². The van der Waals surface area contributed by atoms with E-state index in [0.29, 0.717) is 11.0 Å². The molecule has 3 rings (SSSR count). The second-order valence-electron chi connectivity index (χ2n) is 8.32. The van der Waals surface area contributed by atoms with Crippen molar-refractivity contribution < 1.29 is 14.3 Å². The second kappa shape index (κ2) is 11.2. The number of nitrogens with zero attached hydrogens (tertiary/aromatic N) is 3. The molecule has 3 aromatic rings. The largest absolute Gasteiger partial charge is 0.497 e. The topological polar surface area (TPSA) is 98.1 Å². The van der Waals surface area contributed by atoms with Gasteiger partial charge >= 0.3 is 0 Å². The number of aryl methyl sites for hydroxylation is 3. The Morgan fingerprint density at radius 3 is 2.32 bits per heavy atom. The fourth-order valence-electron chi connectivity index (χ4n) is 3.80. The number of carbonyl (C=O) groups excluding carboxylic acids is 2. The van der Waals surface area contributed by atoms with Gasteiger partial charge < -0.3 is 19.9 Å². The summed E-state index contributed by atoms with van der Waals surface area (Å²) in [7, 11) is 3.44. The van der Waals surface area contributed by atoms with Crippen molar-refractivity contribution in [3.63, 3.8) is 0 Å². The fourth-order valence-corrected chi connectivity index (χ4v) is 4.52. The molecule has 0 aliphatic heterocycles. The van der Waals surface area contributed by atoms with Crippen LogP contribution in [-0.2, 0) is 23.1 Å². The van der Waals surface area contributed by atoms with Crippen molar-refractivity contribution in [1.29, 1.82) is 0 Å². The number of aromatic nitrogens is 3. The smallest absolute Gasteiger partial charge is 0.234 e. The molecule has 0 bridgehead atoms. The minimum absolute atomic E-state index is 0.106. The summed E-state index contributed by atoms with van der Waals surface area (Å²) in [6, 6.07) is 11.2. The lowest BCUT2D eigenvalue weighted by molar-refractivity contribution is -0.121. The van der Waals surface area contributed by atoms with Crippen molar-refractivity contribution in [2.45, 2.75) is 45.3 Å². The summed E-state index contributed by atoms with van der Waals surface area (Å²) in [5.41, 5.74) is 4.99. The first-order chi connectivity index (χ1) is 16.2. The van der Waals surface area contributed by atoms with Crippen LogP contribution in [0.5, 0.6) is 5.75 Å². The number of methoxy groups -OCH3 is 1. The fraction of sp³-hybridized carbons (Fsp3) is 0.360. The number of anilines is 1. The van der Waals surface area contributed by atoms with Crippen LogP contribution in [0.25, 0.3) is 0 Å². The van der Waals surface area contributed by atoms with Crippen molar-refractivity contribution in [2.24, 2.45) is 7.05 Å². The molecule has 180 valence electrons. The normalized spacial score (nSPS) is 11.7. The van der Waals surface area contributed by atoms with Gasteiger partial charge in [0.15, 0.2) is 11.0 Å². The van der Waals surface area contributed by atoms with Crippen LogP contribution < -0.4 is 15.4 Å². The third kappa shape index (κ3) is 6.38. The molecule has 2 amide bonds. The van der Waals surface area contributed by atoms with Gasteiger partial charge in [-0.05, 0) is 56.5 Å². The standard InChI is InChI=1S/C25H31N5O3S/c1-15-11-16(2)23(17(3)12-15)27-22(32)14-34-25-29-28-24(30(25)5)18(4)26-21(31)13-19-7-9-20(33-6)10-8-19/h7-12,18H,13-14H2,1-6H3,(H,26,31)(H,27,32)/t18-/m0/s1. The highest BCUT2D eigenvalue weighted by molar-refractivity contribution is 7.99. The highest BCUT2D eigenvalue weighted by atomic mass is 32.2. The van der Waals surface area contributed by atoms with Gasteiger partial charge in [-0.1, -0.05) is 41.6 Å². The summed E-state index contributed by atoms with van der Waals surface area (Å²) in [6.45, 7) is 7.87. The summed E-state index contributed by atoms with van der Waals surface area (Å²) in [5, 5.41) is 15.0. The molecule has 0 radical (unpaired) electrons. The Kier molecular flexibility index (Phi) is 8.33. The van der Waals surface area contributed by atoms with Gasteiger partial charge in [-0.3, -0.25) is 9.59 Å². The molecule has 0 saturated carbocycles. The number of thioether (sulfide) groups is 1.